The predicted octanol–water partition coefficient (Wildman–Crippen LogP) is 0.709. The minimum atomic E-state index is -1.47. The molecule has 0 saturated carbocycles. The fourth-order valence-electron chi connectivity index (χ4n) is 3.26. The normalized spacial score (nSPS) is 27.3. The molecule has 0 amide bonds. The highest BCUT2D eigenvalue weighted by molar-refractivity contribution is 7.15. The van der Waals surface area contributed by atoms with Crippen LogP contribution in [-0.4, -0.2) is 66.4 Å². The van der Waals surface area contributed by atoms with Gasteiger partial charge in [-0.15, -0.1) is 16.4 Å². The van der Waals surface area contributed by atoms with Crippen LogP contribution < -0.4 is 0 Å². The zero-order valence-corrected chi connectivity index (χ0v) is 16.0. The van der Waals surface area contributed by atoms with E-state index in [9.17, 15) is 24.8 Å². The molecule has 1 saturated heterocycles. The maximum absolute atomic E-state index is 13.1. The van der Waals surface area contributed by atoms with E-state index in [0.717, 1.165) is 15.3 Å². The monoisotopic (exact) mass is 421 g/mol. The first-order valence-corrected chi connectivity index (χ1v) is 9.83. The summed E-state index contributed by atoms with van der Waals surface area (Å²) in [6.07, 6.45) is -4.71. The van der Waals surface area contributed by atoms with Crippen molar-refractivity contribution < 1.29 is 29.6 Å². The second-order valence-electron chi connectivity index (χ2n) is 6.86. The lowest BCUT2D eigenvalue weighted by Crippen LogP contribution is -2.55. The summed E-state index contributed by atoms with van der Waals surface area (Å²) in [6, 6.07) is 10.2. The molecule has 10 heteroatoms. The summed E-state index contributed by atoms with van der Waals surface area (Å²) in [6.45, 7) is -0.0762. The number of aliphatic hydroxyl groups is 4. The van der Waals surface area contributed by atoms with Crippen LogP contribution in [0.15, 0.2) is 42.6 Å². The topological polar surface area (TPSA) is 121 Å². The Labute approximate surface area is 169 Å². The highest BCUT2D eigenvalue weighted by Crippen LogP contribution is 2.32. The maximum Gasteiger partial charge on any atom is 0.132 e. The molecule has 0 bridgehead atoms. The van der Waals surface area contributed by atoms with Crippen LogP contribution in [0.2, 0.25) is 0 Å². The zero-order chi connectivity index (χ0) is 20.5. The Bertz CT molecular complexity index is 961. The molecular weight excluding hydrogens is 401 g/mol. The smallest absolute Gasteiger partial charge is 0.132 e. The molecular formula is C19H20FN3O5S. The molecule has 3 aromatic rings. The van der Waals surface area contributed by atoms with E-state index in [4.69, 9.17) is 4.74 Å². The van der Waals surface area contributed by atoms with Crippen molar-refractivity contribution in [2.75, 3.05) is 6.61 Å². The SMILES string of the molecule is OC[C@H]1O[C@@H](c2cn(Cc3ccc(-c4ccc(F)cc4)s3)nn2)[C@H](O)[C@@H](O)[C@@H]1O. The molecule has 0 spiro atoms. The third-order valence-electron chi connectivity index (χ3n) is 4.85. The van der Waals surface area contributed by atoms with Crippen LogP contribution in [-0.2, 0) is 11.3 Å². The molecule has 1 aliphatic rings. The van der Waals surface area contributed by atoms with Crippen molar-refractivity contribution in [3.05, 3.63) is 59.0 Å². The van der Waals surface area contributed by atoms with E-state index in [0.29, 0.717) is 6.54 Å². The molecule has 0 aliphatic carbocycles. The van der Waals surface area contributed by atoms with Crippen LogP contribution in [0.1, 0.15) is 16.7 Å². The van der Waals surface area contributed by atoms with Crippen molar-refractivity contribution in [1.29, 1.82) is 0 Å². The van der Waals surface area contributed by atoms with Crippen LogP contribution >= 0.6 is 11.3 Å². The van der Waals surface area contributed by atoms with Crippen LogP contribution in [0, 0.1) is 5.82 Å². The first-order chi connectivity index (χ1) is 14.0. The fourth-order valence-corrected chi connectivity index (χ4v) is 4.26. The summed E-state index contributed by atoms with van der Waals surface area (Å²) in [4.78, 5) is 1.99. The fraction of sp³-hybridized carbons (Fsp3) is 0.368. The lowest BCUT2D eigenvalue weighted by Gasteiger charge is -2.39. The number of aliphatic hydroxyl groups excluding tert-OH is 4. The Morgan fingerprint density at radius 1 is 1.03 bits per heavy atom. The molecule has 154 valence electrons. The van der Waals surface area contributed by atoms with E-state index in [2.05, 4.69) is 10.3 Å². The summed E-state index contributed by atoms with van der Waals surface area (Å²) in [7, 11) is 0. The number of thiophene rings is 1. The van der Waals surface area contributed by atoms with E-state index >= 15 is 0 Å². The second kappa shape index (κ2) is 8.27. The van der Waals surface area contributed by atoms with Crippen molar-refractivity contribution in [2.24, 2.45) is 0 Å². The minimum absolute atomic E-state index is 0.283. The highest BCUT2D eigenvalue weighted by atomic mass is 32.1. The van der Waals surface area contributed by atoms with E-state index in [1.165, 1.54) is 23.5 Å². The molecule has 3 heterocycles. The molecule has 1 fully saturated rings. The Morgan fingerprint density at radius 3 is 2.52 bits per heavy atom. The number of hydrogen-bond acceptors (Lipinski definition) is 8. The van der Waals surface area contributed by atoms with Gasteiger partial charge in [-0.25, -0.2) is 9.07 Å². The van der Waals surface area contributed by atoms with Crippen molar-refractivity contribution in [3.63, 3.8) is 0 Å². The molecule has 29 heavy (non-hydrogen) atoms. The Kier molecular flexibility index (Phi) is 5.72. The molecule has 2 aromatic heterocycles. The van der Waals surface area contributed by atoms with Gasteiger partial charge in [-0.05, 0) is 29.8 Å². The summed E-state index contributed by atoms with van der Waals surface area (Å²) < 4.78 is 20.1. The first kappa shape index (κ1) is 20.1. The lowest BCUT2D eigenvalue weighted by atomic mass is 9.94. The number of benzene rings is 1. The lowest BCUT2D eigenvalue weighted by molar-refractivity contribution is -0.232. The summed E-state index contributed by atoms with van der Waals surface area (Å²) in [5.41, 5.74) is 1.21. The van der Waals surface area contributed by atoms with Crippen LogP contribution in [0.3, 0.4) is 0 Å². The Morgan fingerprint density at radius 2 is 1.79 bits per heavy atom. The van der Waals surface area contributed by atoms with Gasteiger partial charge in [-0.3, -0.25) is 0 Å². The van der Waals surface area contributed by atoms with Gasteiger partial charge in [0.15, 0.2) is 0 Å². The first-order valence-electron chi connectivity index (χ1n) is 9.01. The number of nitrogens with zero attached hydrogens (tertiary/aromatic N) is 3. The van der Waals surface area contributed by atoms with Gasteiger partial charge in [0.2, 0.25) is 0 Å². The van der Waals surface area contributed by atoms with Crippen molar-refractivity contribution in [1.82, 2.24) is 15.0 Å². The summed E-state index contributed by atoms with van der Waals surface area (Å²) in [5, 5.41) is 47.4. The van der Waals surface area contributed by atoms with E-state index in [1.54, 1.807) is 23.0 Å². The second-order valence-corrected chi connectivity index (χ2v) is 8.03. The predicted molar refractivity (Wildman–Crippen MR) is 102 cm³/mol. The van der Waals surface area contributed by atoms with Crippen LogP contribution in [0.4, 0.5) is 4.39 Å². The van der Waals surface area contributed by atoms with Crippen molar-refractivity contribution >= 4 is 11.3 Å². The van der Waals surface area contributed by atoms with Crippen LogP contribution in [0.25, 0.3) is 10.4 Å². The summed E-state index contributed by atoms with van der Waals surface area (Å²) >= 11 is 1.54. The van der Waals surface area contributed by atoms with Crippen molar-refractivity contribution in [3.8, 4) is 10.4 Å². The van der Waals surface area contributed by atoms with E-state index in [1.807, 2.05) is 12.1 Å². The van der Waals surface area contributed by atoms with Gasteiger partial charge in [-0.2, -0.15) is 0 Å². The van der Waals surface area contributed by atoms with Gasteiger partial charge in [0, 0.05) is 9.75 Å². The standard InChI is InChI=1S/C19H20FN3O5S/c20-11-3-1-10(2-4-11)15-6-5-12(29-15)7-23-8-13(21-22-23)19-18(27)17(26)16(25)14(9-24)28-19/h1-6,8,14,16-19,24-27H,7,9H2/t14-,16-,17+,18-,19+/m1/s1. The van der Waals surface area contributed by atoms with Gasteiger partial charge in [0.1, 0.15) is 42.0 Å². The molecule has 1 aliphatic heterocycles. The Balaban J connectivity index is 1.48. The average molecular weight is 421 g/mol. The quantitative estimate of drug-likeness (QED) is 0.479. The third kappa shape index (κ3) is 4.08. The van der Waals surface area contributed by atoms with Crippen molar-refractivity contribution in [2.45, 2.75) is 37.1 Å². The maximum atomic E-state index is 13.1. The Hall–Kier alpha value is -2.21. The van der Waals surface area contributed by atoms with Crippen LogP contribution in [0.5, 0.6) is 0 Å². The molecule has 5 atom stereocenters. The van der Waals surface area contributed by atoms with Gasteiger partial charge in [0.05, 0.1) is 19.3 Å². The van der Waals surface area contributed by atoms with Gasteiger partial charge >= 0.3 is 0 Å². The van der Waals surface area contributed by atoms with Gasteiger partial charge < -0.3 is 25.2 Å². The summed E-state index contributed by atoms with van der Waals surface area (Å²) in [5.74, 6) is -0.283. The number of ether oxygens (including phenoxy) is 1. The molecule has 4 rings (SSSR count). The molecule has 0 unspecified atom stereocenters. The highest BCUT2D eigenvalue weighted by Gasteiger charge is 2.45. The number of hydrogen-bond donors (Lipinski definition) is 4. The van der Waals surface area contributed by atoms with E-state index < -0.39 is 37.1 Å². The molecule has 8 nitrogen and oxygen atoms in total. The molecule has 1 aromatic carbocycles. The van der Waals surface area contributed by atoms with Gasteiger partial charge in [0.25, 0.3) is 0 Å². The number of rotatable bonds is 5. The number of aromatic nitrogens is 3. The van der Waals surface area contributed by atoms with E-state index in [-0.39, 0.29) is 11.5 Å². The third-order valence-corrected chi connectivity index (χ3v) is 5.97. The largest absolute Gasteiger partial charge is 0.394 e. The molecule has 0 radical (unpaired) electrons. The minimum Gasteiger partial charge on any atom is -0.394 e. The average Bonchev–Trinajstić information content (AvgIpc) is 3.37. The zero-order valence-electron chi connectivity index (χ0n) is 15.2. The molecule has 4 N–H and O–H groups in total. The van der Waals surface area contributed by atoms with Gasteiger partial charge in [-0.1, -0.05) is 17.3 Å². The number of halogens is 1.